The number of aromatic nitrogens is 2. The third-order valence-corrected chi connectivity index (χ3v) is 3.46. The highest BCUT2D eigenvalue weighted by Gasteiger charge is 2.20. The van der Waals surface area contributed by atoms with Crippen LogP contribution in [0.15, 0.2) is 17.4 Å². The van der Waals surface area contributed by atoms with Crippen molar-refractivity contribution in [2.75, 3.05) is 30.9 Å². The van der Waals surface area contributed by atoms with Crippen LogP contribution in [0.1, 0.15) is 12.8 Å². The standard InChI is InChI=1S/C11H17N3OS/c1-16-11-12-5-4-10(13-11)14-6-2-3-9(7-14)8-15/h4-5,9,15H,2-3,6-8H2,1H3/t9-/m1/s1. The van der Waals surface area contributed by atoms with Crippen LogP contribution in [0.5, 0.6) is 0 Å². The highest BCUT2D eigenvalue weighted by Crippen LogP contribution is 2.22. The molecule has 0 aliphatic carbocycles. The topological polar surface area (TPSA) is 49.2 Å². The van der Waals surface area contributed by atoms with Gasteiger partial charge in [-0.1, -0.05) is 11.8 Å². The Morgan fingerprint density at radius 3 is 3.25 bits per heavy atom. The van der Waals surface area contributed by atoms with E-state index in [2.05, 4.69) is 14.9 Å². The molecule has 1 atom stereocenters. The van der Waals surface area contributed by atoms with Gasteiger partial charge in [-0.2, -0.15) is 0 Å². The minimum atomic E-state index is 0.275. The summed E-state index contributed by atoms with van der Waals surface area (Å²) in [5, 5.41) is 10.0. The molecule has 4 nitrogen and oxygen atoms in total. The fraction of sp³-hybridized carbons (Fsp3) is 0.636. The molecule has 0 radical (unpaired) electrons. The Labute approximate surface area is 100 Å². The molecule has 16 heavy (non-hydrogen) atoms. The van der Waals surface area contributed by atoms with Crippen LogP contribution >= 0.6 is 11.8 Å². The Balaban J connectivity index is 2.10. The first-order valence-electron chi connectivity index (χ1n) is 5.56. The predicted octanol–water partition coefficient (Wildman–Crippen LogP) is 1.41. The van der Waals surface area contributed by atoms with E-state index in [-0.39, 0.29) is 6.61 Å². The minimum Gasteiger partial charge on any atom is -0.396 e. The van der Waals surface area contributed by atoms with Gasteiger partial charge in [0.05, 0.1) is 0 Å². The molecule has 5 heteroatoms. The monoisotopic (exact) mass is 239 g/mol. The lowest BCUT2D eigenvalue weighted by Crippen LogP contribution is -2.37. The van der Waals surface area contributed by atoms with Crippen LogP contribution in [-0.2, 0) is 0 Å². The van der Waals surface area contributed by atoms with Gasteiger partial charge in [0.2, 0.25) is 0 Å². The molecule has 1 aliphatic heterocycles. The number of hydrogen-bond acceptors (Lipinski definition) is 5. The van der Waals surface area contributed by atoms with E-state index >= 15 is 0 Å². The molecule has 2 rings (SSSR count). The average Bonchev–Trinajstić information content (AvgIpc) is 2.39. The maximum atomic E-state index is 9.19. The van der Waals surface area contributed by atoms with Crippen LogP contribution in [0.4, 0.5) is 5.82 Å². The molecular weight excluding hydrogens is 222 g/mol. The molecule has 1 N–H and O–H groups in total. The summed E-state index contributed by atoms with van der Waals surface area (Å²) >= 11 is 1.56. The second-order valence-electron chi connectivity index (χ2n) is 4.04. The molecule has 1 saturated heterocycles. The van der Waals surface area contributed by atoms with E-state index in [1.165, 1.54) is 0 Å². The van der Waals surface area contributed by atoms with Crippen molar-refractivity contribution in [3.8, 4) is 0 Å². The van der Waals surface area contributed by atoms with E-state index in [1.54, 1.807) is 18.0 Å². The van der Waals surface area contributed by atoms with E-state index in [4.69, 9.17) is 0 Å². The second kappa shape index (κ2) is 5.50. The van der Waals surface area contributed by atoms with E-state index in [0.717, 1.165) is 36.9 Å². The zero-order valence-electron chi connectivity index (χ0n) is 9.46. The fourth-order valence-corrected chi connectivity index (χ4v) is 2.38. The number of piperidine rings is 1. The van der Waals surface area contributed by atoms with Gasteiger partial charge in [0, 0.05) is 25.9 Å². The van der Waals surface area contributed by atoms with Crippen molar-refractivity contribution in [1.82, 2.24) is 9.97 Å². The fourth-order valence-electron chi connectivity index (χ4n) is 2.03. The van der Waals surface area contributed by atoms with Crippen LogP contribution in [0, 0.1) is 5.92 Å². The van der Waals surface area contributed by atoms with Crippen molar-refractivity contribution in [2.24, 2.45) is 5.92 Å². The van der Waals surface area contributed by atoms with Gasteiger partial charge in [-0.15, -0.1) is 0 Å². The quantitative estimate of drug-likeness (QED) is 0.638. The van der Waals surface area contributed by atoms with Crippen molar-refractivity contribution < 1.29 is 5.11 Å². The molecule has 1 aromatic rings. The third kappa shape index (κ3) is 2.65. The highest BCUT2D eigenvalue weighted by atomic mass is 32.2. The molecule has 1 aliphatic rings. The molecule has 0 unspecified atom stereocenters. The van der Waals surface area contributed by atoms with Crippen LogP contribution in [0.2, 0.25) is 0 Å². The van der Waals surface area contributed by atoms with Gasteiger partial charge in [0.15, 0.2) is 5.16 Å². The molecule has 0 saturated carbocycles. The minimum absolute atomic E-state index is 0.275. The van der Waals surface area contributed by atoms with Crippen LogP contribution in [0.25, 0.3) is 0 Å². The summed E-state index contributed by atoms with van der Waals surface area (Å²) in [4.78, 5) is 10.9. The number of aliphatic hydroxyl groups excluding tert-OH is 1. The number of aliphatic hydroxyl groups is 1. The zero-order valence-corrected chi connectivity index (χ0v) is 10.3. The maximum Gasteiger partial charge on any atom is 0.189 e. The largest absolute Gasteiger partial charge is 0.396 e. The Kier molecular flexibility index (Phi) is 4.01. The van der Waals surface area contributed by atoms with Crippen molar-refractivity contribution in [2.45, 2.75) is 18.0 Å². The summed E-state index contributed by atoms with van der Waals surface area (Å²) in [6, 6.07) is 1.94. The molecule has 0 aromatic carbocycles. The Hall–Kier alpha value is -0.810. The average molecular weight is 239 g/mol. The van der Waals surface area contributed by atoms with E-state index < -0.39 is 0 Å². The summed E-state index contributed by atoms with van der Waals surface area (Å²) < 4.78 is 0. The van der Waals surface area contributed by atoms with Gasteiger partial charge in [-0.25, -0.2) is 9.97 Å². The van der Waals surface area contributed by atoms with Gasteiger partial charge < -0.3 is 10.0 Å². The Morgan fingerprint density at radius 2 is 2.50 bits per heavy atom. The van der Waals surface area contributed by atoms with E-state index in [1.807, 2.05) is 12.3 Å². The number of thioether (sulfide) groups is 1. The SMILES string of the molecule is CSc1nccc(N2CCC[C@@H](CO)C2)n1. The van der Waals surface area contributed by atoms with Gasteiger partial charge >= 0.3 is 0 Å². The third-order valence-electron chi connectivity index (χ3n) is 2.90. The molecule has 0 bridgehead atoms. The van der Waals surface area contributed by atoms with Crippen molar-refractivity contribution >= 4 is 17.6 Å². The van der Waals surface area contributed by atoms with Crippen LogP contribution in [-0.4, -0.2) is 41.0 Å². The molecular formula is C11H17N3OS. The van der Waals surface area contributed by atoms with Crippen molar-refractivity contribution in [3.05, 3.63) is 12.3 Å². The molecule has 0 amide bonds. The van der Waals surface area contributed by atoms with Gasteiger partial charge in [-0.3, -0.25) is 0 Å². The second-order valence-corrected chi connectivity index (χ2v) is 4.81. The predicted molar refractivity (Wildman–Crippen MR) is 65.8 cm³/mol. The molecule has 88 valence electrons. The summed E-state index contributed by atoms with van der Waals surface area (Å²) in [7, 11) is 0. The first-order chi connectivity index (χ1) is 7.83. The Morgan fingerprint density at radius 1 is 1.62 bits per heavy atom. The smallest absolute Gasteiger partial charge is 0.189 e. The van der Waals surface area contributed by atoms with E-state index in [9.17, 15) is 5.11 Å². The van der Waals surface area contributed by atoms with Crippen LogP contribution < -0.4 is 4.90 Å². The number of anilines is 1. The Bertz CT molecular complexity index is 348. The van der Waals surface area contributed by atoms with Crippen molar-refractivity contribution in [1.29, 1.82) is 0 Å². The lowest BCUT2D eigenvalue weighted by Gasteiger charge is -2.32. The molecule has 1 aromatic heterocycles. The number of nitrogens with zero attached hydrogens (tertiary/aromatic N) is 3. The first-order valence-corrected chi connectivity index (χ1v) is 6.79. The molecule has 1 fully saturated rings. The molecule has 2 heterocycles. The van der Waals surface area contributed by atoms with Gasteiger partial charge in [0.1, 0.15) is 5.82 Å². The zero-order chi connectivity index (χ0) is 11.4. The van der Waals surface area contributed by atoms with E-state index in [0.29, 0.717) is 5.92 Å². The lowest BCUT2D eigenvalue weighted by atomic mass is 9.99. The highest BCUT2D eigenvalue weighted by molar-refractivity contribution is 7.98. The summed E-state index contributed by atoms with van der Waals surface area (Å²) in [5.74, 6) is 1.37. The summed E-state index contributed by atoms with van der Waals surface area (Å²) in [6.07, 6.45) is 6.03. The molecule has 0 spiro atoms. The normalized spacial score (nSPS) is 21.1. The van der Waals surface area contributed by atoms with Crippen molar-refractivity contribution in [3.63, 3.8) is 0 Å². The van der Waals surface area contributed by atoms with Gasteiger partial charge in [0.25, 0.3) is 0 Å². The lowest BCUT2D eigenvalue weighted by molar-refractivity contribution is 0.208. The first kappa shape index (κ1) is 11.7. The maximum absolute atomic E-state index is 9.19. The van der Waals surface area contributed by atoms with Gasteiger partial charge in [-0.05, 0) is 31.1 Å². The summed E-state index contributed by atoms with van der Waals surface area (Å²) in [5.41, 5.74) is 0. The van der Waals surface area contributed by atoms with Crippen LogP contribution in [0.3, 0.4) is 0 Å². The summed E-state index contributed by atoms with van der Waals surface area (Å²) in [6.45, 7) is 2.21. The number of rotatable bonds is 3. The number of hydrogen-bond donors (Lipinski definition) is 1.